The van der Waals surface area contributed by atoms with Crippen molar-refractivity contribution >= 4 is 28.5 Å². The number of aromatic carboxylic acids is 2. The van der Waals surface area contributed by atoms with Crippen molar-refractivity contribution in [2.45, 2.75) is 0 Å². The molecule has 6 N–H and O–H groups in total. The van der Waals surface area contributed by atoms with Crippen LogP contribution in [0.15, 0.2) is 41.2 Å². The molecule has 0 saturated heterocycles. The molecule has 0 spiro atoms. The predicted octanol–water partition coefficient (Wildman–Crippen LogP) is 1.88. The lowest BCUT2D eigenvalue weighted by atomic mass is 9.91. The van der Waals surface area contributed by atoms with E-state index in [0.717, 1.165) is 0 Å². The number of carbonyl (C=O) groups is 2. The van der Waals surface area contributed by atoms with E-state index in [1.54, 1.807) is 30.3 Å². The summed E-state index contributed by atoms with van der Waals surface area (Å²) in [7, 11) is 0. The Morgan fingerprint density at radius 3 is 2.20 bits per heavy atom. The number of nitrogens with two attached hydrogens (primary N) is 1. The van der Waals surface area contributed by atoms with Gasteiger partial charge in [0, 0.05) is 11.1 Å². The Kier molecular flexibility index (Phi) is 3.65. The number of carboxylic acids is 2. The normalized spacial score (nSPS) is 10.7. The second-order valence-electron chi connectivity index (χ2n) is 5.28. The monoisotopic (exact) mass is 340 g/mol. The Morgan fingerprint density at radius 2 is 1.56 bits per heavy atom. The van der Waals surface area contributed by atoms with Crippen molar-refractivity contribution in [3.8, 4) is 16.9 Å². The van der Waals surface area contributed by atoms with Gasteiger partial charge in [0.05, 0.1) is 0 Å². The van der Waals surface area contributed by atoms with Crippen molar-refractivity contribution in [2.75, 3.05) is 5.73 Å². The fourth-order valence-corrected chi connectivity index (χ4v) is 2.82. The first-order chi connectivity index (χ1) is 11.8. The molecule has 126 valence electrons. The molecule has 0 aliphatic rings. The number of anilines is 1. The van der Waals surface area contributed by atoms with Gasteiger partial charge in [0.15, 0.2) is 0 Å². The van der Waals surface area contributed by atoms with Crippen molar-refractivity contribution in [1.29, 1.82) is 0 Å². The molecule has 0 saturated carbocycles. The predicted molar refractivity (Wildman–Crippen MR) is 90.0 cm³/mol. The van der Waals surface area contributed by atoms with Gasteiger partial charge in [-0.15, -0.1) is 0 Å². The van der Waals surface area contributed by atoms with Crippen molar-refractivity contribution in [2.24, 2.45) is 0 Å². The number of pyridine rings is 1. The van der Waals surface area contributed by atoms with Gasteiger partial charge < -0.3 is 26.0 Å². The Bertz CT molecular complexity index is 1100. The molecule has 1 aromatic heterocycles. The van der Waals surface area contributed by atoms with Crippen LogP contribution in [0.5, 0.6) is 5.75 Å². The first-order valence-electron chi connectivity index (χ1n) is 7.06. The van der Waals surface area contributed by atoms with Crippen LogP contribution in [-0.4, -0.2) is 32.2 Å². The fourth-order valence-electron chi connectivity index (χ4n) is 2.82. The third-order valence-corrected chi connectivity index (χ3v) is 3.83. The zero-order valence-corrected chi connectivity index (χ0v) is 12.6. The number of benzene rings is 2. The molecule has 0 radical (unpaired) electrons. The number of hydrogen-bond acceptors (Lipinski definition) is 5. The van der Waals surface area contributed by atoms with Crippen LogP contribution in [0.2, 0.25) is 0 Å². The van der Waals surface area contributed by atoms with E-state index in [1.807, 2.05) is 4.98 Å². The van der Waals surface area contributed by atoms with Crippen molar-refractivity contribution < 1.29 is 24.9 Å². The molecule has 0 aliphatic heterocycles. The number of aromatic amines is 1. The lowest BCUT2D eigenvalue weighted by molar-refractivity contribution is 0.0695. The van der Waals surface area contributed by atoms with Gasteiger partial charge in [0.2, 0.25) is 0 Å². The summed E-state index contributed by atoms with van der Waals surface area (Å²) in [5.41, 5.74) is 2.64. The van der Waals surface area contributed by atoms with Gasteiger partial charge >= 0.3 is 11.9 Å². The van der Waals surface area contributed by atoms with Crippen LogP contribution in [0.1, 0.15) is 20.7 Å². The smallest absolute Gasteiger partial charge is 0.342 e. The van der Waals surface area contributed by atoms with Crippen LogP contribution in [0, 0.1) is 0 Å². The van der Waals surface area contributed by atoms with Crippen molar-refractivity contribution in [1.82, 2.24) is 4.98 Å². The highest BCUT2D eigenvalue weighted by molar-refractivity contribution is 6.13. The first kappa shape index (κ1) is 16.1. The van der Waals surface area contributed by atoms with Crippen LogP contribution in [0.3, 0.4) is 0 Å². The van der Waals surface area contributed by atoms with E-state index in [-0.39, 0.29) is 11.3 Å². The Balaban J connectivity index is 2.63. The lowest BCUT2D eigenvalue weighted by Crippen LogP contribution is -2.24. The molecule has 0 bridgehead atoms. The number of nitrogen functional groups attached to an aromatic ring is 1. The first-order valence-corrected chi connectivity index (χ1v) is 7.06. The molecule has 0 fully saturated rings. The number of phenolic OH excluding ortho intramolecular Hbond substituents is 1. The molecule has 1 heterocycles. The molecule has 0 unspecified atom stereocenters. The zero-order valence-electron chi connectivity index (χ0n) is 12.6. The second kappa shape index (κ2) is 5.68. The Morgan fingerprint density at radius 1 is 0.920 bits per heavy atom. The summed E-state index contributed by atoms with van der Waals surface area (Å²) >= 11 is 0. The molecule has 0 atom stereocenters. The molecule has 8 heteroatoms. The SMILES string of the molecule is Nc1[nH]c(=O)c(C(=O)O)c(-c2c(O)ccc3ccccc23)c1C(=O)O. The highest BCUT2D eigenvalue weighted by Gasteiger charge is 2.29. The zero-order chi connectivity index (χ0) is 18.3. The van der Waals surface area contributed by atoms with Gasteiger partial charge in [-0.1, -0.05) is 30.3 Å². The lowest BCUT2D eigenvalue weighted by Gasteiger charge is -2.15. The summed E-state index contributed by atoms with van der Waals surface area (Å²) in [4.78, 5) is 37.4. The van der Waals surface area contributed by atoms with Gasteiger partial charge in [-0.05, 0) is 16.8 Å². The van der Waals surface area contributed by atoms with Crippen LogP contribution in [-0.2, 0) is 0 Å². The molecule has 25 heavy (non-hydrogen) atoms. The maximum absolute atomic E-state index is 12.1. The molecule has 0 amide bonds. The number of rotatable bonds is 3. The highest BCUT2D eigenvalue weighted by atomic mass is 16.4. The number of carboxylic acid groups (broad SMARTS) is 2. The third-order valence-electron chi connectivity index (χ3n) is 3.83. The molecule has 2 aromatic carbocycles. The number of fused-ring (bicyclic) bond motifs is 1. The molecule has 3 aromatic rings. The van der Waals surface area contributed by atoms with E-state index >= 15 is 0 Å². The van der Waals surface area contributed by atoms with Gasteiger partial charge in [0.25, 0.3) is 5.56 Å². The molecule has 0 aliphatic carbocycles. The van der Waals surface area contributed by atoms with Crippen LogP contribution in [0.4, 0.5) is 5.82 Å². The van der Waals surface area contributed by atoms with E-state index in [1.165, 1.54) is 6.07 Å². The minimum atomic E-state index is -1.63. The fraction of sp³-hybridized carbons (Fsp3) is 0. The van der Waals surface area contributed by atoms with Gasteiger partial charge in [-0.25, -0.2) is 9.59 Å². The summed E-state index contributed by atoms with van der Waals surface area (Å²) in [6.45, 7) is 0. The summed E-state index contributed by atoms with van der Waals surface area (Å²) < 4.78 is 0. The highest BCUT2D eigenvalue weighted by Crippen LogP contribution is 2.40. The average molecular weight is 340 g/mol. The van der Waals surface area contributed by atoms with E-state index in [4.69, 9.17) is 5.73 Å². The average Bonchev–Trinajstić information content (AvgIpc) is 2.53. The van der Waals surface area contributed by atoms with Gasteiger partial charge in [0.1, 0.15) is 22.7 Å². The summed E-state index contributed by atoms with van der Waals surface area (Å²) in [5, 5.41) is 30.3. The second-order valence-corrected chi connectivity index (χ2v) is 5.28. The van der Waals surface area contributed by atoms with Crippen LogP contribution in [0.25, 0.3) is 21.9 Å². The Hall–Kier alpha value is -3.81. The maximum atomic E-state index is 12.1. The minimum Gasteiger partial charge on any atom is -0.507 e. The molecular formula is C17H12N2O6. The van der Waals surface area contributed by atoms with Gasteiger partial charge in [-0.2, -0.15) is 0 Å². The van der Waals surface area contributed by atoms with E-state index in [2.05, 4.69) is 0 Å². The molecule has 8 nitrogen and oxygen atoms in total. The largest absolute Gasteiger partial charge is 0.507 e. The number of H-pyrrole nitrogens is 1. The van der Waals surface area contributed by atoms with Crippen LogP contribution >= 0.6 is 0 Å². The van der Waals surface area contributed by atoms with Crippen molar-refractivity contribution in [3.63, 3.8) is 0 Å². The number of hydrogen-bond donors (Lipinski definition) is 5. The number of aromatic hydroxyl groups is 1. The number of aromatic nitrogens is 1. The quantitative estimate of drug-likeness (QED) is 0.487. The van der Waals surface area contributed by atoms with E-state index < -0.39 is 40.0 Å². The van der Waals surface area contributed by atoms with Crippen LogP contribution < -0.4 is 11.3 Å². The van der Waals surface area contributed by atoms with Crippen molar-refractivity contribution in [3.05, 3.63) is 57.9 Å². The molecule has 3 rings (SSSR count). The topological polar surface area (TPSA) is 154 Å². The standard InChI is InChI=1S/C17H12N2O6/c18-14-12(16(22)23)11(13(17(24)25)15(21)19-14)10-8-4-2-1-3-7(8)5-6-9(10)20/h1-6,20H,(H,22,23)(H,24,25)(H3,18,19,21). The third kappa shape index (κ3) is 2.45. The maximum Gasteiger partial charge on any atom is 0.342 e. The van der Waals surface area contributed by atoms with Gasteiger partial charge in [-0.3, -0.25) is 4.79 Å². The summed E-state index contributed by atoms with van der Waals surface area (Å²) in [6.07, 6.45) is 0. The minimum absolute atomic E-state index is 0.0781. The number of nitrogens with one attached hydrogen (secondary N) is 1. The summed E-state index contributed by atoms with van der Waals surface area (Å²) in [6, 6.07) is 9.54. The molecular weight excluding hydrogens is 328 g/mol. The van der Waals surface area contributed by atoms with E-state index in [0.29, 0.717) is 10.8 Å². The van der Waals surface area contributed by atoms with E-state index in [9.17, 15) is 29.7 Å². The summed E-state index contributed by atoms with van der Waals surface area (Å²) in [5.74, 6) is -4.02. The number of phenols is 1. The Labute approximate surface area is 139 Å².